The molecule has 0 aliphatic carbocycles. The third-order valence-corrected chi connectivity index (χ3v) is 15.0. The van der Waals surface area contributed by atoms with Crippen LogP contribution in [0.5, 0.6) is 0 Å². The van der Waals surface area contributed by atoms with Crippen molar-refractivity contribution in [2.75, 3.05) is 2.07 Å². The SMILES string of the molecule is C[CH2][Hg][N](c1ccccc1)S(=O)(=O)c1ccc(C)cc1.O=P(O)(O)O. The molecule has 0 aliphatic heterocycles. The van der Waals surface area contributed by atoms with E-state index in [-0.39, 0.29) is 0 Å². The molecule has 0 unspecified atom stereocenters. The van der Waals surface area contributed by atoms with Crippen molar-refractivity contribution < 1.29 is 52.5 Å². The molecular weight excluding hydrogens is 554 g/mol. The van der Waals surface area contributed by atoms with Crippen LogP contribution in [0.25, 0.3) is 0 Å². The minimum Gasteiger partial charge on any atom is -0.303 e. The molecule has 2 rings (SSSR count). The van der Waals surface area contributed by atoms with E-state index in [1.165, 1.54) is 0 Å². The Bertz CT molecular complexity index is 799. The molecule has 0 radical (unpaired) electrons. The number of phosphoric acid groups is 1. The Morgan fingerprint density at radius 3 is 1.92 bits per heavy atom. The predicted molar refractivity (Wildman–Crippen MR) is 92.0 cm³/mol. The van der Waals surface area contributed by atoms with Gasteiger partial charge in [-0.2, -0.15) is 0 Å². The monoisotopic (exact) mass is 575 g/mol. The number of hydrogen-bond donors (Lipinski definition) is 3. The number of rotatable bonds is 5. The molecule has 0 saturated heterocycles. The Morgan fingerprint density at radius 1 is 1.00 bits per heavy atom. The van der Waals surface area contributed by atoms with Gasteiger partial charge in [0.2, 0.25) is 0 Å². The van der Waals surface area contributed by atoms with Gasteiger partial charge in [0, 0.05) is 0 Å². The van der Waals surface area contributed by atoms with Crippen LogP contribution in [-0.2, 0) is 39.5 Å². The van der Waals surface area contributed by atoms with Crippen LogP contribution in [0.4, 0.5) is 5.69 Å². The second-order valence-corrected chi connectivity index (χ2v) is 18.0. The fourth-order valence-corrected chi connectivity index (χ4v) is 12.9. The summed E-state index contributed by atoms with van der Waals surface area (Å²) in [4.78, 5) is 22.0. The summed E-state index contributed by atoms with van der Waals surface area (Å²) in [5.41, 5.74) is 1.87. The van der Waals surface area contributed by atoms with E-state index in [4.69, 9.17) is 19.2 Å². The van der Waals surface area contributed by atoms with Crippen molar-refractivity contribution in [2.45, 2.75) is 22.7 Å². The van der Waals surface area contributed by atoms with E-state index in [0.717, 1.165) is 15.2 Å². The van der Waals surface area contributed by atoms with E-state index in [1.54, 1.807) is 14.2 Å². The van der Waals surface area contributed by atoms with Gasteiger partial charge in [-0.3, -0.25) is 0 Å². The summed E-state index contributed by atoms with van der Waals surface area (Å²) in [5.74, 6) is 0. The van der Waals surface area contributed by atoms with E-state index in [2.05, 4.69) is 6.92 Å². The third-order valence-electron chi connectivity index (χ3n) is 3.08. The molecule has 3 N–H and O–H groups in total. The van der Waals surface area contributed by atoms with Crippen molar-refractivity contribution in [3.05, 3.63) is 60.2 Å². The molecule has 134 valence electrons. The number of anilines is 1. The first-order valence-electron chi connectivity index (χ1n) is 7.48. The standard InChI is InChI=1S/C13H12NO2S.C2H5.Hg.H3O4P/c1-11-7-9-13(10-8-11)17(15,16)14-12-5-3-2-4-6-12;1-2;;1-5(2,3)4/h2-10H,1H3;1H2,2H3;;(H3,1,2,3,4)/q-1;;+1;. The van der Waals surface area contributed by atoms with Crippen molar-refractivity contribution >= 4 is 23.5 Å². The molecule has 10 heteroatoms. The number of nitrogens with zero attached hydrogens (tertiary/aromatic N) is 1. The van der Waals surface area contributed by atoms with Crippen LogP contribution in [0.3, 0.4) is 0 Å². The first-order chi connectivity index (χ1) is 11.6. The topological polar surface area (TPSA) is 115 Å². The Kier molecular flexibility index (Phi) is 8.73. The van der Waals surface area contributed by atoms with E-state index in [1.807, 2.05) is 49.4 Å². The van der Waals surface area contributed by atoms with Gasteiger partial charge >= 0.3 is 142 Å². The zero-order valence-electron chi connectivity index (χ0n) is 14.0. The van der Waals surface area contributed by atoms with Crippen molar-refractivity contribution in [1.82, 2.24) is 0 Å². The molecular formula is C15H20HgNO6PS. The maximum absolute atomic E-state index is 12.8. The number of benzene rings is 2. The van der Waals surface area contributed by atoms with Gasteiger partial charge in [-0.15, -0.1) is 0 Å². The van der Waals surface area contributed by atoms with Gasteiger partial charge in [0.05, 0.1) is 0 Å². The van der Waals surface area contributed by atoms with Crippen molar-refractivity contribution in [3.63, 3.8) is 0 Å². The largest absolute Gasteiger partial charge is 0.466 e. The normalized spacial score (nSPS) is 11.1. The number of hydrogen-bond acceptors (Lipinski definition) is 3. The molecule has 25 heavy (non-hydrogen) atoms. The van der Waals surface area contributed by atoms with Crippen molar-refractivity contribution in [3.8, 4) is 0 Å². The molecule has 0 atom stereocenters. The number of sulfonamides is 1. The molecule has 0 heterocycles. The maximum atomic E-state index is 12.8. The summed E-state index contributed by atoms with van der Waals surface area (Å²) in [6.45, 7) is 4.03. The molecule has 0 saturated carbocycles. The molecule has 7 nitrogen and oxygen atoms in total. The summed E-state index contributed by atoms with van der Waals surface area (Å²) in [5, 5.41) is 0. The summed E-state index contributed by atoms with van der Waals surface area (Å²) < 4.78 is 37.2. The van der Waals surface area contributed by atoms with E-state index in [9.17, 15) is 8.42 Å². The quantitative estimate of drug-likeness (QED) is 0.374. The summed E-state index contributed by atoms with van der Waals surface area (Å²) in [7, 11) is -8.04. The zero-order chi connectivity index (χ0) is 19.1. The van der Waals surface area contributed by atoms with Crippen molar-refractivity contribution in [1.29, 1.82) is 0 Å². The molecule has 2 aromatic rings. The Morgan fingerprint density at radius 2 is 1.48 bits per heavy atom. The average molecular weight is 574 g/mol. The third kappa shape index (κ3) is 7.98. The first-order valence-corrected chi connectivity index (χ1v) is 16.8. The van der Waals surface area contributed by atoms with Gasteiger partial charge in [-0.05, 0) is 0 Å². The summed E-state index contributed by atoms with van der Waals surface area (Å²) >= 11 is -1.68. The summed E-state index contributed by atoms with van der Waals surface area (Å²) in [6, 6.07) is 16.5. The van der Waals surface area contributed by atoms with Gasteiger partial charge in [0.1, 0.15) is 0 Å². The van der Waals surface area contributed by atoms with Crippen LogP contribution in [0.1, 0.15) is 12.5 Å². The van der Waals surface area contributed by atoms with E-state index < -0.39 is 42.7 Å². The molecule has 0 bridgehead atoms. The minimum atomic E-state index is -4.64. The average Bonchev–Trinajstić information content (AvgIpc) is 2.52. The number of para-hydroxylation sites is 1. The molecule has 0 fully saturated rings. The number of aryl methyl sites for hydroxylation is 1. The van der Waals surface area contributed by atoms with Gasteiger partial charge in [-0.25, -0.2) is 4.57 Å². The maximum Gasteiger partial charge on any atom is 0.466 e. The van der Waals surface area contributed by atoms with E-state index >= 15 is 0 Å². The smallest absolute Gasteiger partial charge is 0.303 e. The van der Waals surface area contributed by atoms with Crippen molar-refractivity contribution in [2.24, 2.45) is 0 Å². The summed E-state index contributed by atoms with van der Waals surface area (Å²) in [6.07, 6.45) is 0. The molecule has 0 aromatic heterocycles. The predicted octanol–water partition coefficient (Wildman–Crippen LogP) is 2.70. The molecule has 0 spiro atoms. The molecule has 0 aliphatic rings. The second kappa shape index (κ2) is 9.80. The van der Waals surface area contributed by atoms with Crippen LogP contribution in [0, 0.1) is 6.92 Å². The molecule has 2 aromatic carbocycles. The van der Waals surface area contributed by atoms with Gasteiger partial charge in [-0.1, -0.05) is 0 Å². The Balaban J connectivity index is 0.000000550. The Labute approximate surface area is 160 Å². The van der Waals surface area contributed by atoms with E-state index in [0.29, 0.717) is 4.90 Å². The second-order valence-electron chi connectivity index (χ2n) is 5.24. The van der Waals surface area contributed by atoms with Crippen LogP contribution in [0.15, 0.2) is 59.5 Å². The molecule has 0 amide bonds. The van der Waals surface area contributed by atoms with Gasteiger partial charge in [0.15, 0.2) is 0 Å². The van der Waals surface area contributed by atoms with Gasteiger partial charge < -0.3 is 14.7 Å². The van der Waals surface area contributed by atoms with Crippen LogP contribution < -0.4 is 2.07 Å². The van der Waals surface area contributed by atoms with Crippen LogP contribution in [-0.4, -0.2) is 23.1 Å². The van der Waals surface area contributed by atoms with Crippen LogP contribution >= 0.6 is 7.82 Å². The Hall–Kier alpha value is -0.765. The first kappa shape index (κ1) is 22.3. The fraction of sp³-hybridized carbons (Fsp3) is 0.200. The van der Waals surface area contributed by atoms with Crippen LogP contribution in [0.2, 0.25) is 3.93 Å². The fourth-order valence-electron chi connectivity index (χ4n) is 2.02. The van der Waals surface area contributed by atoms with Gasteiger partial charge in [0.25, 0.3) is 0 Å². The zero-order valence-corrected chi connectivity index (χ0v) is 21.2. The minimum absolute atomic E-state index is 0.389.